The monoisotopic (exact) mass is 241 g/mol. The van der Waals surface area contributed by atoms with Crippen molar-refractivity contribution in [2.24, 2.45) is 5.41 Å². The maximum absolute atomic E-state index is 12.7. The number of alkyl halides is 3. The molecule has 17 heavy (non-hydrogen) atoms. The van der Waals surface area contributed by atoms with E-state index in [0.717, 1.165) is 6.07 Å². The Morgan fingerprint density at radius 3 is 2.29 bits per heavy atom. The van der Waals surface area contributed by atoms with Crippen LogP contribution in [0.3, 0.4) is 0 Å². The number of nitriles is 1. The minimum atomic E-state index is -4.34. The Labute approximate surface area is 98.9 Å². The number of hydrogen-bond donors (Lipinski definition) is 0. The molecule has 0 amide bonds. The van der Waals surface area contributed by atoms with Gasteiger partial charge in [-0.25, -0.2) is 0 Å². The molecular weight excluding hydrogens is 227 g/mol. The summed E-state index contributed by atoms with van der Waals surface area (Å²) in [4.78, 5) is 0. The van der Waals surface area contributed by atoms with Crippen LogP contribution in [0.4, 0.5) is 13.2 Å². The number of benzene rings is 1. The molecule has 92 valence electrons. The van der Waals surface area contributed by atoms with Crippen LogP contribution >= 0.6 is 0 Å². The molecule has 0 spiro atoms. The van der Waals surface area contributed by atoms with Crippen LogP contribution in [0.2, 0.25) is 0 Å². The van der Waals surface area contributed by atoms with E-state index in [1.54, 1.807) is 19.9 Å². The Morgan fingerprint density at radius 2 is 1.82 bits per heavy atom. The molecular formula is C13H14F3N. The van der Waals surface area contributed by atoms with Gasteiger partial charge in [0.2, 0.25) is 0 Å². The van der Waals surface area contributed by atoms with Gasteiger partial charge < -0.3 is 0 Å². The first kappa shape index (κ1) is 13.6. The lowest BCUT2D eigenvalue weighted by Gasteiger charge is -2.17. The van der Waals surface area contributed by atoms with Gasteiger partial charge in [-0.05, 0) is 44.4 Å². The zero-order valence-electron chi connectivity index (χ0n) is 10.0. The van der Waals surface area contributed by atoms with Crippen LogP contribution in [-0.2, 0) is 12.6 Å². The van der Waals surface area contributed by atoms with Gasteiger partial charge in [0.1, 0.15) is 0 Å². The van der Waals surface area contributed by atoms with Gasteiger partial charge >= 0.3 is 6.18 Å². The van der Waals surface area contributed by atoms with Crippen LogP contribution in [0.25, 0.3) is 0 Å². The first-order chi connectivity index (χ1) is 7.65. The maximum Gasteiger partial charge on any atom is 0.416 e. The van der Waals surface area contributed by atoms with Gasteiger partial charge in [0.05, 0.1) is 17.0 Å². The summed E-state index contributed by atoms with van der Waals surface area (Å²) in [5, 5.41) is 8.87. The first-order valence-corrected chi connectivity index (χ1v) is 5.24. The molecule has 0 aliphatic rings. The summed E-state index contributed by atoms with van der Waals surface area (Å²) in [6.45, 7) is 4.85. The first-order valence-electron chi connectivity index (χ1n) is 5.24. The van der Waals surface area contributed by atoms with E-state index in [2.05, 4.69) is 6.07 Å². The molecule has 0 saturated carbocycles. The second-order valence-electron chi connectivity index (χ2n) is 4.82. The average molecular weight is 241 g/mol. The van der Waals surface area contributed by atoms with Gasteiger partial charge in [-0.3, -0.25) is 0 Å². The topological polar surface area (TPSA) is 23.8 Å². The predicted molar refractivity (Wildman–Crippen MR) is 59.3 cm³/mol. The smallest absolute Gasteiger partial charge is 0.198 e. The minimum absolute atomic E-state index is 0.205. The second-order valence-corrected chi connectivity index (χ2v) is 4.82. The third-order valence-electron chi connectivity index (χ3n) is 2.56. The molecule has 0 saturated heterocycles. The van der Waals surface area contributed by atoms with Crippen LogP contribution < -0.4 is 0 Å². The number of hydrogen-bond acceptors (Lipinski definition) is 1. The molecule has 1 aromatic rings. The van der Waals surface area contributed by atoms with E-state index in [1.807, 2.05) is 0 Å². The van der Waals surface area contributed by atoms with Crippen LogP contribution in [0.1, 0.15) is 30.5 Å². The predicted octanol–water partition coefficient (Wildman–Crippen LogP) is 4.11. The summed E-state index contributed by atoms with van der Waals surface area (Å²) < 4.78 is 38.0. The highest BCUT2D eigenvalue weighted by atomic mass is 19.4. The number of rotatable bonds is 2. The summed E-state index contributed by atoms with van der Waals surface area (Å²) in [5.74, 6) is 0. The van der Waals surface area contributed by atoms with Crippen molar-refractivity contribution in [3.8, 4) is 6.07 Å². The molecule has 0 fully saturated rings. The van der Waals surface area contributed by atoms with Crippen LogP contribution in [0, 0.1) is 23.7 Å². The Hall–Kier alpha value is -1.50. The summed E-state index contributed by atoms with van der Waals surface area (Å²) in [6, 6.07) is 6.31. The van der Waals surface area contributed by atoms with Crippen molar-refractivity contribution in [2.75, 3.05) is 0 Å². The minimum Gasteiger partial charge on any atom is -0.198 e. The van der Waals surface area contributed by atoms with Gasteiger partial charge in [-0.2, -0.15) is 18.4 Å². The molecule has 4 heteroatoms. The molecule has 0 bridgehead atoms. The SMILES string of the molecule is Cc1ccc(CC(C)(C)C#N)cc1C(F)(F)F. The molecule has 0 aliphatic carbocycles. The van der Waals surface area contributed by atoms with Crippen molar-refractivity contribution in [3.63, 3.8) is 0 Å². The number of halogens is 3. The van der Waals surface area contributed by atoms with Crippen molar-refractivity contribution in [3.05, 3.63) is 34.9 Å². The zero-order chi connectivity index (χ0) is 13.3. The maximum atomic E-state index is 12.7. The van der Waals surface area contributed by atoms with Crippen LogP contribution in [0.5, 0.6) is 0 Å². The molecule has 0 aromatic heterocycles. The van der Waals surface area contributed by atoms with Gasteiger partial charge in [0.25, 0.3) is 0 Å². The molecule has 0 unspecified atom stereocenters. The lowest BCUT2D eigenvalue weighted by Crippen LogP contribution is -2.14. The summed E-state index contributed by atoms with van der Waals surface area (Å²) >= 11 is 0. The second kappa shape index (κ2) is 4.40. The van der Waals surface area contributed by atoms with Gasteiger partial charge in [0, 0.05) is 0 Å². The normalized spacial score (nSPS) is 12.3. The average Bonchev–Trinajstić information content (AvgIpc) is 2.19. The van der Waals surface area contributed by atoms with Crippen LogP contribution in [-0.4, -0.2) is 0 Å². The van der Waals surface area contributed by atoms with Crippen molar-refractivity contribution in [2.45, 2.75) is 33.4 Å². The Balaban J connectivity index is 3.11. The summed E-state index contributed by atoms with van der Waals surface area (Å²) in [7, 11) is 0. The van der Waals surface area contributed by atoms with E-state index in [-0.39, 0.29) is 5.56 Å². The lowest BCUT2D eigenvalue weighted by molar-refractivity contribution is -0.138. The van der Waals surface area contributed by atoms with E-state index in [0.29, 0.717) is 12.0 Å². The van der Waals surface area contributed by atoms with Crippen molar-refractivity contribution < 1.29 is 13.2 Å². The Morgan fingerprint density at radius 1 is 1.24 bits per heavy atom. The van der Waals surface area contributed by atoms with E-state index in [9.17, 15) is 13.2 Å². The van der Waals surface area contributed by atoms with E-state index in [1.165, 1.54) is 13.0 Å². The summed E-state index contributed by atoms with van der Waals surface area (Å²) in [6.07, 6.45) is -4.02. The van der Waals surface area contributed by atoms with E-state index < -0.39 is 17.2 Å². The van der Waals surface area contributed by atoms with Gasteiger partial charge in [0.15, 0.2) is 0 Å². The highest BCUT2D eigenvalue weighted by molar-refractivity contribution is 5.34. The number of nitrogens with zero attached hydrogens (tertiary/aromatic N) is 1. The van der Waals surface area contributed by atoms with Crippen molar-refractivity contribution >= 4 is 0 Å². The standard InChI is InChI=1S/C13H14F3N/c1-9-4-5-10(7-12(2,3)8-17)6-11(9)13(14,15)16/h4-6H,7H2,1-3H3. The highest BCUT2D eigenvalue weighted by Crippen LogP contribution is 2.33. The number of aryl methyl sites for hydroxylation is 1. The van der Waals surface area contributed by atoms with E-state index >= 15 is 0 Å². The quantitative estimate of drug-likeness (QED) is 0.764. The largest absolute Gasteiger partial charge is 0.416 e. The Kier molecular flexibility index (Phi) is 3.51. The highest BCUT2D eigenvalue weighted by Gasteiger charge is 2.32. The van der Waals surface area contributed by atoms with Gasteiger partial charge in [-0.1, -0.05) is 12.1 Å². The fourth-order valence-electron chi connectivity index (χ4n) is 1.63. The van der Waals surface area contributed by atoms with E-state index in [4.69, 9.17) is 5.26 Å². The van der Waals surface area contributed by atoms with Crippen LogP contribution in [0.15, 0.2) is 18.2 Å². The molecule has 1 nitrogen and oxygen atoms in total. The molecule has 0 heterocycles. The molecule has 0 atom stereocenters. The van der Waals surface area contributed by atoms with Gasteiger partial charge in [-0.15, -0.1) is 0 Å². The fraction of sp³-hybridized carbons (Fsp3) is 0.462. The third kappa shape index (κ3) is 3.48. The fourth-order valence-corrected chi connectivity index (χ4v) is 1.63. The molecule has 0 N–H and O–H groups in total. The Bertz CT molecular complexity index is 453. The van der Waals surface area contributed by atoms with Crippen molar-refractivity contribution in [1.29, 1.82) is 5.26 Å². The lowest BCUT2D eigenvalue weighted by atomic mass is 9.86. The molecule has 1 aromatic carbocycles. The summed E-state index contributed by atoms with van der Waals surface area (Å²) in [5.41, 5.74) is -0.535. The molecule has 0 aliphatic heterocycles. The molecule has 1 rings (SSSR count). The van der Waals surface area contributed by atoms with Crippen molar-refractivity contribution in [1.82, 2.24) is 0 Å². The third-order valence-corrected chi connectivity index (χ3v) is 2.56. The molecule has 0 radical (unpaired) electrons. The zero-order valence-corrected chi connectivity index (χ0v) is 10.0.